The van der Waals surface area contributed by atoms with E-state index in [0.29, 0.717) is 18.5 Å². The Balaban J connectivity index is 0.00000288. The second-order valence-electron chi connectivity index (χ2n) is 6.58. The predicted molar refractivity (Wildman–Crippen MR) is 110 cm³/mol. The zero-order chi connectivity index (χ0) is 16.7. The SMILES string of the molecule is CCC(CC)CNC(=NCc1nnc(C)n1C)NC1CCCC1.I. The molecule has 0 bridgehead atoms. The molecular formula is C17H33IN6. The summed E-state index contributed by atoms with van der Waals surface area (Å²) in [6.07, 6.45) is 7.52. The van der Waals surface area contributed by atoms with Crippen molar-refractivity contribution in [3.05, 3.63) is 11.6 Å². The lowest BCUT2D eigenvalue weighted by molar-refractivity contribution is 0.477. The molecule has 1 heterocycles. The van der Waals surface area contributed by atoms with Crippen molar-refractivity contribution in [2.45, 2.75) is 71.9 Å². The number of nitrogens with zero attached hydrogens (tertiary/aromatic N) is 4. The lowest BCUT2D eigenvalue weighted by atomic mass is 10.0. The number of nitrogens with one attached hydrogen (secondary N) is 2. The highest BCUT2D eigenvalue weighted by atomic mass is 127. The maximum Gasteiger partial charge on any atom is 0.191 e. The third-order valence-electron chi connectivity index (χ3n) is 4.97. The fourth-order valence-electron chi connectivity index (χ4n) is 2.97. The first-order chi connectivity index (χ1) is 11.1. The van der Waals surface area contributed by atoms with Crippen LogP contribution in [0.5, 0.6) is 0 Å². The summed E-state index contributed by atoms with van der Waals surface area (Å²) in [7, 11) is 1.99. The summed E-state index contributed by atoms with van der Waals surface area (Å²) in [4.78, 5) is 4.74. The molecule has 0 amide bonds. The van der Waals surface area contributed by atoms with Crippen LogP contribution < -0.4 is 10.6 Å². The van der Waals surface area contributed by atoms with E-state index < -0.39 is 0 Å². The molecule has 0 spiro atoms. The third kappa shape index (κ3) is 6.22. The average molecular weight is 448 g/mol. The van der Waals surface area contributed by atoms with E-state index in [2.05, 4.69) is 34.7 Å². The van der Waals surface area contributed by atoms with Crippen molar-refractivity contribution in [2.75, 3.05) is 6.54 Å². The van der Waals surface area contributed by atoms with Gasteiger partial charge in [0.2, 0.25) is 0 Å². The highest BCUT2D eigenvalue weighted by molar-refractivity contribution is 14.0. The maximum absolute atomic E-state index is 4.74. The molecule has 7 heteroatoms. The van der Waals surface area contributed by atoms with Crippen molar-refractivity contribution in [3.63, 3.8) is 0 Å². The Bertz CT molecular complexity index is 503. The molecule has 1 aliphatic rings. The predicted octanol–water partition coefficient (Wildman–Crippen LogP) is 3.16. The summed E-state index contributed by atoms with van der Waals surface area (Å²) in [5.41, 5.74) is 0. The molecule has 6 nitrogen and oxygen atoms in total. The van der Waals surface area contributed by atoms with Gasteiger partial charge in [-0.3, -0.25) is 0 Å². The van der Waals surface area contributed by atoms with Gasteiger partial charge in [-0.25, -0.2) is 4.99 Å². The molecule has 1 fully saturated rings. The normalized spacial score (nSPS) is 15.6. The number of hydrogen-bond donors (Lipinski definition) is 2. The van der Waals surface area contributed by atoms with Crippen molar-refractivity contribution in [3.8, 4) is 0 Å². The number of rotatable bonds is 7. The molecular weight excluding hydrogens is 415 g/mol. The van der Waals surface area contributed by atoms with E-state index in [1.54, 1.807) is 0 Å². The third-order valence-corrected chi connectivity index (χ3v) is 4.97. The van der Waals surface area contributed by atoms with Crippen LogP contribution in [0.4, 0.5) is 0 Å². The van der Waals surface area contributed by atoms with Crippen LogP contribution in [0, 0.1) is 12.8 Å². The smallest absolute Gasteiger partial charge is 0.191 e. The Morgan fingerprint density at radius 2 is 1.92 bits per heavy atom. The Labute approximate surface area is 163 Å². The molecule has 1 saturated carbocycles. The molecule has 1 aromatic heterocycles. The molecule has 0 unspecified atom stereocenters. The number of hydrogen-bond acceptors (Lipinski definition) is 3. The van der Waals surface area contributed by atoms with Crippen LogP contribution in [0.3, 0.4) is 0 Å². The molecule has 2 N–H and O–H groups in total. The van der Waals surface area contributed by atoms with Crippen molar-refractivity contribution in [1.82, 2.24) is 25.4 Å². The molecule has 0 radical (unpaired) electrons. The first-order valence-corrected chi connectivity index (χ1v) is 9.03. The van der Waals surface area contributed by atoms with Gasteiger partial charge in [0.1, 0.15) is 12.4 Å². The molecule has 0 atom stereocenters. The minimum atomic E-state index is 0. The van der Waals surface area contributed by atoms with Gasteiger partial charge in [-0.15, -0.1) is 34.2 Å². The Hall–Kier alpha value is -0.860. The van der Waals surface area contributed by atoms with Gasteiger partial charge in [0, 0.05) is 19.6 Å². The first-order valence-electron chi connectivity index (χ1n) is 9.03. The van der Waals surface area contributed by atoms with Crippen molar-refractivity contribution >= 4 is 29.9 Å². The fourth-order valence-corrected chi connectivity index (χ4v) is 2.97. The quantitative estimate of drug-likeness (QED) is 0.382. The highest BCUT2D eigenvalue weighted by Crippen LogP contribution is 2.17. The standard InChI is InChI=1S/C17H32N6.HI/c1-5-14(6-2)11-18-17(20-15-9-7-8-10-15)19-12-16-22-21-13(3)23(16)4;/h14-15H,5-12H2,1-4H3,(H2,18,19,20);1H. The minimum Gasteiger partial charge on any atom is -0.356 e. The van der Waals surface area contributed by atoms with E-state index >= 15 is 0 Å². The fraction of sp³-hybridized carbons (Fsp3) is 0.824. The maximum atomic E-state index is 4.74. The summed E-state index contributed by atoms with van der Waals surface area (Å²) >= 11 is 0. The molecule has 0 saturated heterocycles. The number of aryl methyl sites for hydroxylation is 1. The van der Waals surface area contributed by atoms with E-state index in [1.807, 2.05) is 18.5 Å². The lowest BCUT2D eigenvalue weighted by Gasteiger charge is -2.20. The largest absolute Gasteiger partial charge is 0.356 e. The molecule has 0 aromatic carbocycles. The van der Waals surface area contributed by atoms with Gasteiger partial charge >= 0.3 is 0 Å². The van der Waals surface area contributed by atoms with Gasteiger partial charge in [-0.05, 0) is 25.7 Å². The number of guanidine groups is 1. The lowest BCUT2D eigenvalue weighted by Crippen LogP contribution is -2.44. The molecule has 138 valence electrons. The highest BCUT2D eigenvalue weighted by Gasteiger charge is 2.17. The van der Waals surface area contributed by atoms with Gasteiger partial charge in [0.15, 0.2) is 11.8 Å². The summed E-state index contributed by atoms with van der Waals surface area (Å²) in [5.74, 6) is 3.44. The van der Waals surface area contributed by atoms with E-state index in [0.717, 1.165) is 24.2 Å². The van der Waals surface area contributed by atoms with E-state index in [9.17, 15) is 0 Å². The number of halogens is 1. The summed E-state index contributed by atoms with van der Waals surface area (Å²) in [6, 6.07) is 0.559. The van der Waals surface area contributed by atoms with Crippen LogP contribution >= 0.6 is 24.0 Å². The number of aliphatic imine (C=N–C) groups is 1. The second kappa shape index (κ2) is 10.9. The van der Waals surface area contributed by atoms with E-state index in [1.165, 1.54) is 38.5 Å². The van der Waals surface area contributed by atoms with Gasteiger partial charge in [0.05, 0.1) is 0 Å². The Morgan fingerprint density at radius 1 is 1.25 bits per heavy atom. The summed E-state index contributed by atoms with van der Waals surface area (Å²) < 4.78 is 2.00. The average Bonchev–Trinajstić information content (AvgIpc) is 3.17. The molecule has 0 aliphatic heterocycles. The van der Waals surface area contributed by atoms with Crippen LogP contribution in [0.15, 0.2) is 4.99 Å². The van der Waals surface area contributed by atoms with E-state index in [-0.39, 0.29) is 24.0 Å². The van der Waals surface area contributed by atoms with Crippen LogP contribution in [-0.4, -0.2) is 33.3 Å². The van der Waals surface area contributed by atoms with Crippen LogP contribution in [0.2, 0.25) is 0 Å². The molecule has 1 aliphatic carbocycles. The topological polar surface area (TPSA) is 67.1 Å². The van der Waals surface area contributed by atoms with Crippen LogP contribution in [-0.2, 0) is 13.6 Å². The minimum absolute atomic E-state index is 0. The Morgan fingerprint density at radius 3 is 2.46 bits per heavy atom. The monoisotopic (exact) mass is 448 g/mol. The van der Waals surface area contributed by atoms with E-state index in [4.69, 9.17) is 4.99 Å². The summed E-state index contributed by atoms with van der Waals surface area (Å²) in [5, 5.41) is 15.4. The van der Waals surface area contributed by atoms with Crippen molar-refractivity contribution in [1.29, 1.82) is 0 Å². The molecule has 24 heavy (non-hydrogen) atoms. The number of aromatic nitrogens is 3. The van der Waals surface area contributed by atoms with Gasteiger partial charge < -0.3 is 15.2 Å². The molecule has 1 aromatic rings. The van der Waals surface area contributed by atoms with Crippen LogP contribution in [0.25, 0.3) is 0 Å². The first kappa shape index (κ1) is 21.2. The second-order valence-corrected chi connectivity index (χ2v) is 6.58. The van der Waals surface area contributed by atoms with Crippen LogP contribution in [0.1, 0.15) is 64.0 Å². The zero-order valence-electron chi connectivity index (χ0n) is 15.5. The van der Waals surface area contributed by atoms with Gasteiger partial charge in [0.25, 0.3) is 0 Å². The summed E-state index contributed by atoms with van der Waals surface area (Å²) in [6.45, 7) is 7.99. The van der Waals surface area contributed by atoms with Gasteiger partial charge in [-0.1, -0.05) is 39.5 Å². The van der Waals surface area contributed by atoms with Crippen molar-refractivity contribution in [2.24, 2.45) is 18.0 Å². The van der Waals surface area contributed by atoms with Gasteiger partial charge in [-0.2, -0.15) is 0 Å². The Kier molecular flexibility index (Phi) is 9.61. The zero-order valence-corrected chi connectivity index (χ0v) is 17.8. The van der Waals surface area contributed by atoms with Crippen molar-refractivity contribution < 1.29 is 0 Å². The molecule has 2 rings (SSSR count).